The number of rotatable bonds is 6. The SMILES string of the molecule is CC1CC(C)CN(CCc2nc(Nc3ccc(C(F)(F)F)cc3)c3ccc(-c4ncccc4C(F)(F)F)cc3n2)C1. The van der Waals surface area contributed by atoms with Crippen LogP contribution in [0.15, 0.2) is 60.8 Å². The van der Waals surface area contributed by atoms with Gasteiger partial charge in [-0.1, -0.05) is 19.9 Å². The van der Waals surface area contributed by atoms with Crippen LogP contribution in [0.1, 0.15) is 37.2 Å². The molecule has 0 spiro atoms. The minimum atomic E-state index is -4.59. The first-order valence-corrected chi connectivity index (χ1v) is 13.4. The molecule has 2 aromatic carbocycles. The first-order valence-electron chi connectivity index (χ1n) is 13.4. The summed E-state index contributed by atoms with van der Waals surface area (Å²) in [6, 6.07) is 11.4. The minimum absolute atomic E-state index is 0.212. The summed E-state index contributed by atoms with van der Waals surface area (Å²) < 4.78 is 80.3. The fourth-order valence-corrected chi connectivity index (χ4v) is 5.51. The van der Waals surface area contributed by atoms with Gasteiger partial charge in [-0.05, 0) is 66.8 Å². The number of nitrogens with one attached hydrogen (secondary N) is 1. The molecule has 1 aliphatic heterocycles. The maximum Gasteiger partial charge on any atom is 0.418 e. The second-order valence-corrected chi connectivity index (χ2v) is 10.8. The van der Waals surface area contributed by atoms with Gasteiger partial charge in [0.25, 0.3) is 0 Å². The number of hydrogen-bond donors (Lipinski definition) is 1. The highest BCUT2D eigenvalue weighted by Crippen LogP contribution is 2.37. The summed E-state index contributed by atoms with van der Waals surface area (Å²) >= 11 is 0. The standard InChI is InChI=1S/C30H29F6N5/c1-18-14-19(2)17-41(16-18)13-11-26-39-25-15-20(27-24(30(34,35)36)4-3-12-37-27)5-10-23(25)28(40-26)38-22-8-6-21(7-9-22)29(31,32)33/h3-10,12,15,18-19H,11,13-14,16-17H2,1-2H3,(H,38,39,40). The van der Waals surface area contributed by atoms with E-state index < -0.39 is 23.5 Å². The quantitative estimate of drug-likeness (QED) is 0.237. The van der Waals surface area contributed by atoms with Crippen LogP contribution in [0.4, 0.5) is 37.8 Å². The van der Waals surface area contributed by atoms with Crippen molar-refractivity contribution in [3.8, 4) is 11.3 Å². The molecule has 0 saturated carbocycles. The lowest BCUT2D eigenvalue weighted by atomic mass is 9.92. The van der Waals surface area contributed by atoms with Gasteiger partial charge in [0.05, 0.1) is 22.3 Å². The predicted octanol–water partition coefficient (Wildman–Crippen LogP) is 7.99. The number of piperidine rings is 1. The van der Waals surface area contributed by atoms with Crippen molar-refractivity contribution in [1.82, 2.24) is 19.9 Å². The Balaban J connectivity index is 1.52. The average molecular weight is 574 g/mol. The van der Waals surface area contributed by atoms with E-state index in [4.69, 9.17) is 0 Å². The van der Waals surface area contributed by atoms with Crippen LogP contribution in [0.25, 0.3) is 22.2 Å². The molecule has 1 N–H and O–H groups in total. The molecule has 0 amide bonds. The first-order chi connectivity index (χ1) is 19.4. The predicted molar refractivity (Wildman–Crippen MR) is 146 cm³/mol. The van der Waals surface area contributed by atoms with E-state index in [-0.39, 0.29) is 11.3 Å². The zero-order valence-electron chi connectivity index (χ0n) is 22.5. The van der Waals surface area contributed by atoms with Gasteiger partial charge >= 0.3 is 12.4 Å². The monoisotopic (exact) mass is 573 g/mol. The molecule has 1 saturated heterocycles. The molecule has 0 aliphatic carbocycles. The number of nitrogens with zero attached hydrogens (tertiary/aromatic N) is 4. The van der Waals surface area contributed by atoms with Crippen LogP contribution in [-0.2, 0) is 18.8 Å². The smallest absolute Gasteiger partial charge is 0.340 e. The van der Waals surface area contributed by atoms with Crippen molar-refractivity contribution in [2.24, 2.45) is 11.8 Å². The Morgan fingerprint density at radius 1 is 0.878 bits per heavy atom. The summed E-state index contributed by atoms with van der Waals surface area (Å²) in [6.07, 6.45) is -6.08. The van der Waals surface area contributed by atoms with E-state index in [1.165, 1.54) is 36.9 Å². The normalized spacial score (nSPS) is 18.5. The lowest BCUT2D eigenvalue weighted by Crippen LogP contribution is -2.39. The fraction of sp³-hybridized carbons (Fsp3) is 0.367. The number of alkyl halides is 6. The number of benzene rings is 2. The van der Waals surface area contributed by atoms with Crippen molar-refractivity contribution in [1.29, 1.82) is 0 Å². The highest BCUT2D eigenvalue weighted by molar-refractivity contribution is 5.93. The molecule has 1 aliphatic rings. The number of anilines is 2. The maximum absolute atomic E-state index is 13.7. The van der Waals surface area contributed by atoms with E-state index in [1.54, 1.807) is 12.1 Å². The second kappa shape index (κ2) is 11.3. The minimum Gasteiger partial charge on any atom is -0.340 e. The molecule has 1 fully saturated rings. The maximum atomic E-state index is 13.7. The van der Waals surface area contributed by atoms with Gasteiger partial charge in [-0.2, -0.15) is 26.3 Å². The van der Waals surface area contributed by atoms with Crippen molar-refractivity contribution >= 4 is 22.4 Å². The van der Waals surface area contributed by atoms with Crippen LogP contribution in [0.2, 0.25) is 0 Å². The van der Waals surface area contributed by atoms with E-state index in [1.807, 2.05) is 0 Å². The topological polar surface area (TPSA) is 53.9 Å². The number of hydrogen-bond acceptors (Lipinski definition) is 5. The van der Waals surface area contributed by atoms with Crippen LogP contribution in [0.3, 0.4) is 0 Å². The fourth-order valence-electron chi connectivity index (χ4n) is 5.51. The summed E-state index contributed by atoms with van der Waals surface area (Å²) in [6.45, 7) is 7.06. The highest BCUT2D eigenvalue weighted by atomic mass is 19.4. The van der Waals surface area contributed by atoms with E-state index >= 15 is 0 Å². The zero-order chi connectivity index (χ0) is 29.4. The number of fused-ring (bicyclic) bond motifs is 1. The van der Waals surface area contributed by atoms with Crippen LogP contribution in [0, 0.1) is 11.8 Å². The summed E-state index contributed by atoms with van der Waals surface area (Å²) in [7, 11) is 0. The van der Waals surface area contributed by atoms with Crippen LogP contribution < -0.4 is 5.32 Å². The van der Waals surface area contributed by atoms with Gasteiger partial charge in [-0.15, -0.1) is 0 Å². The number of aromatic nitrogens is 3. The van der Waals surface area contributed by atoms with E-state index in [9.17, 15) is 26.3 Å². The Kier molecular flexibility index (Phi) is 7.91. The lowest BCUT2D eigenvalue weighted by Gasteiger charge is -2.34. The lowest BCUT2D eigenvalue weighted by molar-refractivity contribution is -0.138. The second-order valence-electron chi connectivity index (χ2n) is 10.8. The van der Waals surface area contributed by atoms with Gasteiger partial charge in [0.2, 0.25) is 0 Å². The molecular weight excluding hydrogens is 544 g/mol. The van der Waals surface area contributed by atoms with Crippen LogP contribution >= 0.6 is 0 Å². The molecule has 2 unspecified atom stereocenters. The molecule has 4 aromatic rings. The molecule has 5 nitrogen and oxygen atoms in total. The van der Waals surface area contributed by atoms with Crippen LogP contribution in [0.5, 0.6) is 0 Å². The Morgan fingerprint density at radius 3 is 2.24 bits per heavy atom. The third-order valence-electron chi connectivity index (χ3n) is 7.20. The average Bonchev–Trinajstić information content (AvgIpc) is 2.90. The molecule has 0 bridgehead atoms. The van der Waals surface area contributed by atoms with Crippen LogP contribution in [-0.4, -0.2) is 39.5 Å². The van der Waals surface area contributed by atoms with Gasteiger partial charge in [0.15, 0.2) is 0 Å². The van der Waals surface area contributed by atoms with E-state index in [2.05, 4.69) is 39.0 Å². The molecule has 216 valence electrons. The Hall–Kier alpha value is -3.73. The summed E-state index contributed by atoms with van der Waals surface area (Å²) in [5.74, 6) is 1.97. The van der Waals surface area contributed by atoms with Crippen molar-refractivity contribution in [2.45, 2.75) is 39.0 Å². The summed E-state index contributed by atoms with van der Waals surface area (Å²) in [5, 5.41) is 3.60. The van der Waals surface area contributed by atoms with Crippen molar-refractivity contribution < 1.29 is 26.3 Å². The molecule has 41 heavy (non-hydrogen) atoms. The Labute approximate surface area is 233 Å². The van der Waals surface area contributed by atoms with E-state index in [0.717, 1.165) is 31.3 Å². The molecule has 2 atom stereocenters. The molecule has 11 heteroatoms. The number of likely N-dealkylation sites (tertiary alicyclic amines) is 1. The Morgan fingerprint density at radius 2 is 1.59 bits per heavy atom. The van der Waals surface area contributed by atoms with Crippen molar-refractivity contribution in [3.63, 3.8) is 0 Å². The first kappa shape index (κ1) is 28.8. The number of halogens is 6. The van der Waals surface area contributed by atoms with Gasteiger partial charge < -0.3 is 10.2 Å². The van der Waals surface area contributed by atoms with Gasteiger partial charge in [0.1, 0.15) is 11.6 Å². The largest absolute Gasteiger partial charge is 0.418 e. The number of pyridine rings is 1. The van der Waals surface area contributed by atoms with E-state index in [0.29, 0.717) is 53.0 Å². The highest BCUT2D eigenvalue weighted by Gasteiger charge is 2.34. The molecule has 2 aromatic heterocycles. The third-order valence-corrected chi connectivity index (χ3v) is 7.20. The summed E-state index contributed by atoms with van der Waals surface area (Å²) in [5.41, 5.74) is -0.812. The van der Waals surface area contributed by atoms with Gasteiger partial charge in [-0.25, -0.2) is 9.97 Å². The zero-order valence-corrected chi connectivity index (χ0v) is 22.5. The van der Waals surface area contributed by atoms with Crippen molar-refractivity contribution in [2.75, 3.05) is 25.0 Å². The van der Waals surface area contributed by atoms with Gasteiger partial charge in [-0.3, -0.25) is 4.98 Å². The third kappa shape index (κ3) is 6.78. The molecule has 3 heterocycles. The molecular formula is C30H29F6N5. The molecule has 5 rings (SSSR count). The summed E-state index contributed by atoms with van der Waals surface area (Å²) in [4.78, 5) is 15.7. The van der Waals surface area contributed by atoms with Crippen molar-refractivity contribution in [3.05, 3.63) is 77.7 Å². The van der Waals surface area contributed by atoms with Gasteiger partial charge in [0, 0.05) is 48.9 Å². The molecule has 0 radical (unpaired) electrons. The Bertz CT molecular complexity index is 1510.